The summed E-state index contributed by atoms with van der Waals surface area (Å²) >= 11 is 3.35. The van der Waals surface area contributed by atoms with Crippen molar-refractivity contribution in [3.8, 4) is 0 Å². The number of aromatic amines is 1. The molecule has 0 aliphatic carbocycles. The number of hydrogen-bond donors (Lipinski definition) is 2. The predicted octanol–water partition coefficient (Wildman–Crippen LogP) is 3.94. The lowest BCUT2D eigenvalue weighted by Crippen LogP contribution is -2.13. The number of nitrogens with one attached hydrogen (secondary N) is 2. The molecule has 1 heterocycles. The van der Waals surface area contributed by atoms with Crippen molar-refractivity contribution in [2.75, 3.05) is 5.32 Å². The molecule has 0 aliphatic rings. The number of alkyl halides is 3. The highest BCUT2D eigenvalue weighted by molar-refractivity contribution is 9.10. The lowest BCUT2D eigenvalue weighted by molar-refractivity contribution is -0.144. The van der Waals surface area contributed by atoms with E-state index in [2.05, 4.69) is 31.3 Å². The molecule has 9 heteroatoms. The van der Waals surface area contributed by atoms with Crippen LogP contribution in [0.2, 0.25) is 0 Å². The average Bonchev–Trinajstić information content (AvgIpc) is 2.94. The number of aryl methyl sites for hydroxylation is 1. The molecule has 1 aromatic heterocycles. The highest BCUT2D eigenvalue weighted by Gasteiger charge is 2.35. The van der Waals surface area contributed by atoms with Crippen LogP contribution in [0.15, 0.2) is 28.7 Å². The highest BCUT2D eigenvalue weighted by Crippen LogP contribution is 2.26. The summed E-state index contributed by atoms with van der Waals surface area (Å²) < 4.78 is 38.0. The van der Waals surface area contributed by atoms with Gasteiger partial charge in [-0.1, -0.05) is 28.1 Å². The molecule has 0 atom stereocenters. The Labute approximate surface area is 138 Å². The predicted molar refractivity (Wildman–Crippen MR) is 81.7 cm³/mol. The van der Waals surface area contributed by atoms with Gasteiger partial charge < -0.3 is 0 Å². The molecule has 124 valence electrons. The molecule has 1 amide bonds. The van der Waals surface area contributed by atoms with Crippen LogP contribution in [0.4, 0.5) is 19.1 Å². The fraction of sp³-hybridized carbons (Fsp3) is 0.357. The Morgan fingerprint density at radius 2 is 1.91 bits per heavy atom. The summed E-state index contributed by atoms with van der Waals surface area (Å²) in [5.74, 6) is -2.01. The summed E-state index contributed by atoms with van der Waals surface area (Å²) in [5, 5.41) is 7.30. The zero-order valence-electron chi connectivity index (χ0n) is 12.0. The summed E-state index contributed by atoms with van der Waals surface area (Å²) in [5.41, 5.74) is 1.16. The van der Waals surface area contributed by atoms with E-state index in [9.17, 15) is 18.0 Å². The third kappa shape index (κ3) is 5.66. The SMILES string of the molecule is O=C(CCCCc1ccc(Br)cc1)Nc1n[nH]c(C(F)(F)F)n1. The molecule has 0 saturated heterocycles. The minimum atomic E-state index is -4.61. The second kappa shape index (κ2) is 7.58. The zero-order chi connectivity index (χ0) is 16.9. The van der Waals surface area contributed by atoms with Crippen LogP contribution in [0.1, 0.15) is 30.7 Å². The number of amides is 1. The first-order valence-electron chi connectivity index (χ1n) is 6.88. The summed E-state index contributed by atoms with van der Waals surface area (Å²) in [4.78, 5) is 14.8. The van der Waals surface area contributed by atoms with E-state index in [1.807, 2.05) is 24.3 Å². The van der Waals surface area contributed by atoms with Gasteiger partial charge >= 0.3 is 6.18 Å². The Bertz CT molecular complexity index is 655. The van der Waals surface area contributed by atoms with Gasteiger partial charge in [-0.15, -0.1) is 5.10 Å². The van der Waals surface area contributed by atoms with Gasteiger partial charge in [0.25, 0.3) is 0 Å². The van der Waals surface area contributed by atoms with Crippen molar-refractivity contribution in [1.82, 2.24) is 15.2 Å². The molecule has 0 aliphatic heterocycles. The fourth-order valence-electron chi connectivity index (χ4n) is 1.90. The first kappa shape index (κ1) is 17.5. The number of H-pyrrole nitrogens is 1. The summed E-state index contributed by atoms with van der Waals surface area (Å²) in [6.07, 6.45) is -2.15. The minimum absolute atomic E-state index is 0.201. The molecule has 1 aromatic carbocycles. The number of anilines is 1. The smallest absolute Gasteiger partial charge is 0.293 e. The van der Waals surface area contributed by atoms with Gasteiger partial charge in [-0.3, -0.25) is 15.2 Å². The van der Waals surface area contributed by atoms with Crippen LogP contribution in [0.5, 0.6) is 0 Å². The molecule has 2 N–H and O–H groups in total. The molecular formula is C14H14BrF3N4O. The average molecular weight is 391 g/mol. The number of rotatable bonds is 6. The third-order valence-electron chi connectivity index (χ3n) is 3.04. The van der Waals surface area contributed by atoms with Gasteiger partial charge in [0.1, 0.15) is 0 Å². The van der Waals surface area contributed by atoms with Gasteiger partial charge in [-0.2, -0.15) is 18.2 Å². The number of halogens is 4. The van der Waals surface area contributed by atoms with Gasteiger partial charge in [-0.05, 0) is 37.0 Å². The Morgan fingerprint density at radius 1 is 1.22 bits per heavy atom. The quantitative estimate of drug-likeness (QED) is 0.733. The maximum atomic E-state index is 12.3. The van der Waals surface area contributed by atoms with E-state index in [1.165, 1.54) is 0 Å². The zero-order valence-corrected chi connectivity index (χ0v) is 13.5. The van der Waals surface area contributed by atoms with Crippen molar-refractivity contribution in [1.29, 1.82) is 0 Å². The highest BCUT2D eigenvalue weighted by atomic mass is 79.9. The number of nitrogens with zero attached hydrogens (tertiary/aromatic N) is 2. The number of hydrogen-bond acceptors (Lipinski definition) is 3. The van der Waals surface area contributed by atoms with Crippen LogP contribution in [-0.4, -0.2) is 21.1 Å². The topological polar surface area (TPSA) is 70.7 Å². The van der Waals surface area contributed by atoms with Crippen LogP contribution < -0.4 is 5.32 Å². The largest absolute Gasteiger partial charge is 0.451 e. The molecule has 0 saturated carbocycles. The Balaban J connectivity index is 1.71. The number of carbonyl (C=O) groups excluding carboxylic acids is 1. The van der Waals surface area contributed by atoms with E-state index < -0.39 is 17.9 Å². The van der Waals surface area contributed by atoms with Crippen molar-refractivity contribution in [2.45, 2.75) is 31.9 Å². The van der Waals surface area contributed by atoms with E-state index in [0.717, 1.165) is 22.9 Å². The van der Waals surface area contributed by atoms with E-state index in [1.54, 1.807) is 5.10 Å². The number of unbranched alkanes of at least 4 members (excludes halogenated alkanes) is 1. The Kier molecular flexibility index (Phi) is 5.75. The van der Waals surface area contributed by atoms with Crippen molar-refractivity contribution in [2.24, 2.45) is 0 Å². The maximum Gasteiger partial charge on any atom is 0.451 e. The maximum absolute atomic E-state index is 12.3. The summed E-state index contributed by atoms with van der Waals surface area (Å²) in [7, 11) is 0. The number of aromatic nitrogens is 3. The summed E-state index contributed by atoms with van der Waals surface area (Å²) in [6.45, 7) is 0. The molecule has 0 radical (unpaired) electrons. The van der Waals surface area contributed by atoms with Gasteiger partial charge in [0.2, 0.25) is 17.7 Å². The van der Waals surface area contributed by atoms with Crippen molar-refractivity contribution in [3.63, 3.8) is 0 Å². The molecule has 0 bridgehead atoms. The van der Waals surface area contributed by atoms with E-state index in [-0.39, 0.29) is 12.4 Å². The van der Waals surface area contributed by atoms with Gasteiger partial charge in [-0.25, -0.2) is 0 Å². The second-order valence-electron chi connectivity index (χ2n) is 4.89. The van der Waals surface area contributed by atoms with E-state index in [4.69, 9.17) is 0 Å². The number of benzene rings is 1. The van der Waals surface area contributed by atoms with Crippen LogP contribution in [-0.2, 0) is 17.4 Å². The lowest BCUT2D eigenvalue weighted by Gasteiger charge is -2.03. The Morgan fingerprint density at radius 3 is 2.52 bits per heavy atom. The summed E-state index contributed by atoms with van der Waals surface area (Å²) in [6, 6.07) is 7.89. The van der Waals surface area contributed by atoms with Gasteiger partial charge in [0.05, 0.1) is 0 Å². The normalized spacial score (nSPS) is 11.5. The molecular weight excluding hydrogens is 377 g/mol. The van der Waals surface area contributed by atoms with Crippen molar-refractivity contribution in [3.05, 3.63) is 40.1 Å². The van der Waals surface area contributed by atoms with Crippen LogP contribution >= 0.6 is 15.9 Å². The van der Waals surface area contributed by atoms with E-state index >= 15 is 0 Å². The molecule has 2 rings (SSSR count). The van der Waals surface area contributed by atoms with Crippen LogP contribution in [0.25, 0.3) is 0 Å². The molecule has 0 fully saturated rings. The second-order valence-corrected chi connectivity index (χ2v) is 5.80. The standard InChI is InChI=1S/C14H14BrF3N4O/c15-10-7-5-9(6-8-10)3-1-2-4-11(23)19-13-20-12(21-22-13)14(16,17)18/h5-8H,1-4H2,(H2,19,20,21,22,23). The minimum Gasteiger partial charge on any atom is -0.293 e. The monoisotopic (exact) mass is 390 g/mol. The van der Waals surface area contributed by atoms with Gasteiger partial charge in [0, 0.05) is 10.9 Å². The van der Waals surface area contributed by atoms with Crippen molar-refractivity contribution >= 4 is 27.8 Å². The Hall–Kier alpha value is -1.90. The molecule has 5 nitrogen and oxygen atoms in total. The van der Waals surface area contributed by atoms with Crippen LogP contribution in [0, 0.1) is 0 Å². The van der Waals surface area contributed by atoms with E-state index in [0.29, 0.717) is 6.42 Å². The molecule has 0 spiro atoms. The fourth-order valence-corrected chi connectivity index (χ4v) is 2.16. The molecule has 0 unspecified atom stereocenters. The van der Waals surface area contributed by atoms with Crippen LogP contribution in [0.3, 0.4) is 0 Å². The van der Waals surface area contributed by atoms with Crippen molar-refractivity contribution < 1.29 is 18.0 Å². The lowest BCUT2D eigenvalue weighted by atomic mass is 10.1. The van der Waals surface area contributed by atoms with Gasteiger partial charge in [0.15, 0.2) is 0 Å². The molecule has 23 heavy (non-hydrogen) atoms. The number of carbonyl (C=O) groups is 1. The first-order chi connectivity index (χ1) is 10.8. The first-order valence-corrected chi connectivity index (χ1v) is 7.68. The molecule has 2 aromatic rings. The third-order valence-corrected chi connectivity index (χ3v) is 3.57.